The maximum absolute atomic E-state index is 11.6. The molecule has 0 aliphatic heterocycles. The van der Waals surface area contributed by atoms with E-state index in [0.29, 0.717) is 0 Å². The Labute approximate surface area is 116 Å². The van der Waals surface area contributed by atoms with Gasteiger partial charge >= 0.3 is 22.3 Å². The number of hydrogen-bond donors (Lipinski definition) is 2. The number of esters is 1. The maximum Gasteiger partial charge on any atom is 0.422 e. The molecule has 0 saturated carbocycles. The molecule has 0 unspecified atom stereocenters. The predicted octanol–water partition coefficient (Wildman–Crippen LogP) is 0.794. The quantitative estimate of drug-likeness (QED) is 0.796. The van der Waals surface area contributed by atoms with E-state index in [1.165, 1.54) is 19.2 Å². The Morgan fingerprint density at radius 2 is 1.80 bits per heavy atom. The summed E-state index contributed by atoms with van der Waals surface area (Å²) in [4.78, 5) is 22.5. The first-order valence-corrected chi connectivity index (χ1v) is 6.85. The van der Waals surface area contributed by atoms with Crippen LogP contribution in [0.3, 0.4) is 0 Å². The summed E-state index contributed by atoms with van der Waals surface area (Å²) in [5.74, 6) is -0.704. The summed E-state index contributed by atoms with van der Waals surface area (Å²) >= 11 is 0. The van der Waals surface area contributed by atoms with E-state index in [-0.39, 0.29) is 11.3 Å². The first-order valence-electron chi connectivity index (χ1n) is 5.36. The highest BCUT2D eigenvalue weighted by Gasteiger charge is 2.19. The summed E-state index contributed by atoms with van der Waals surface area (Å²) in [6.07, 6.45) is -1.15. The highest BCUT2D eigenvalue weighted by atomic mass is 32.2. The van der Waals surface area contributed by atoms with Crippen LogP contribution >= 0.6 is 0 Å². The smallest absolute Gasteiger partial charge is 0.422 e. The zero-order valence-corrected chi connectivity index (χ0v) is 11.9. The Balaban J connectivity index is 3.09. The summed E-state index contributed by atoms with van der Waals surface area (Å²) in [5, 5.41) is 0. The van der Waals surface area contributed by atoms with Crippen molar-refractivity contribution in [3.63, 3.8) is 0 Å². The summed E-state index contributed by atoms with van der Waals surface area (Å²) in [7, 11) is -2.00. The van der Waals surface area contributed by atoms with E-state index in [1.807, 2.05) is 0 Å². The third-order valence-electron chi connectivity index (χ3n) is 2.23. The second-order valence-corrected chi connectivity index (χ2v) is 5.15. The van der Waals surface area contributed by atoms with Crippen LogP contribution in [-0.4, -0.2) is 34.7 Å². The minimum Gasteiger partial charge on any atom is -0.465 e. The molecule has 0 aromatic heterocycles. The van der Waals surface area contributed by atoms with Crippen LogP contribution in [0.5, 0.6) is 0 Å². The summed E-state index contributed by atoms with van der Waals surface area (Å²) < 4.78 is 35.7. The SMILES string of the molecule is COC(=O)NS(=O)(=O)Nc1ccc(C)cc1C(=O)OC. The van der Waals surface area contributed by atoms with Crippen molar-refractivity contribution >= 4 is 28.0 Å². The van der Waals surface area contributed by atoms with Gasteiger partial charge in [-0.15, -0.1) is 0 Å². The number of carbonyl (C=O) groups excluding carboxylic acids is 2. The Bertz CT molecular complexity index is 626. The zero-order chi connectivity index (χ0) is 15.3. The molecule has 0 atom stereocenters. The number of ether oxygens (including phenoxy) is 2. The van der Waals surface area contributed by atoms with Crippen molar-refractivity contribution in [3.05, 3.63) is 29.3 Å². The fraction of sp³-hybridized carbons (Fsp3) is 0.273. The first kappa shape index (κ1) is 15.8. The molecule has 110 valence electrons. The summed E-state index contributed by atoms with van der Waals surface area (Å²) in [6.45, 7) is 1.73. The topological polar surface area (TPSA) is 111 Å². The average molecular weight is 302 g/mol. The Kier molecular flexibility index (Phi) is 4.92. The molecule has 0 bridgehead atoms. The van der Waals surface area contributed by atoms with Gasteiger partial charge in [-0.2, -0.15) is 8.42 Å². The molecule has 20 heavy (non-hydrogen) atoms. The molecule has 0 saturated heterocycles. The van der Waals surface area contributed by atoms with Crippen LogP contribution in [0.1, 0.15) is 15.9 Å². The standard InChI is InChI=1S/C11H14N2O6S/c1-7-4-5-9(8(6-7)10(14)18-2)12-20(16,17)13-11(15)19-3/h4-6,12H,1-3H3,(H,13,15). The van der Waals surface area contributed by atoms with Gasteiger partial charge in [0.25, 0.3) is 0 Å². The van der Waals surface area contributed by atoms with Gasteiger partial charge in [0, 0.05) is 0 Å². The monoisotopic (exact) mass is 302 g/mol. The lowest BCUT2D eigenvalue weighted by molar-refractivity contribution is 0.0602. The van der Waals surface area contributed by atoms with Gasteiger partial charge in [0.1, 0.15) is 0 Å². The van der Waals surface area contributed by atoms with E-state index in [0.717, 1.165) is 12.7 Å². The second-order valence-electron chi connectivity index (χ2n) is 3.74. The number of carbonyl (C=O) groups is 2. The summed E-state index contributed by atoms with van der Waals surface area (Å²) in [5.41, 5.74) is 0.760. The number of benzene rings is 1. The molecule has 0 spiro atoms. The molecule has 0 aliphatic rings. The van der Waals surface area contributed by atoms with E-state index >= 15 is 0 Å². The molecular weight excluding hydrogens is 288 g/mol. The molecule has 1 aromatic rings. The van der Waals surface area contributed by atoms with Crippen LogP contribution in [0.25, 0.3) is 0 Å². The van der Waals surface area contributed by atoms with Crippen LogP contribution < -0.4 is 9.44 Å². The van der Waals surface area contributed by atoms with Gasteiger partial charge in [0.15, 0.2) is 0 Å². The van der Waals surface area contributed by atoms with Gasteiger partial charge in [-0.1, -0.05) is 11.6 Å². The number of rotatable bonds is 4. The molecule has 1 aromatic carbocycles. The van der Waals surface area contributed by atoms with Crippen molar-refractivity contribution in [3.8, 4) is 0 Å². The maximum atomic E-state index is 11.6. The lowest BCUT2D eigenvalue weighted by Gasteiger charge is -2.12. The van der Waals surface area contributed by atoms with Crippen LogP contribution in [0.15, 0.2) is 18.2 Å². The van der Waals surface area contributed by atoms with E-state index < -0.39 is 22.3 Å². The third kappa shape index (κ3) is 4.12. The zero-order valence-electron chi connectivity index (χ0n) is 11.1. The largest absolute Gasteiger partial charge is 0.465 e. The van der Waals surface area contributed by atoms with Gasteiger partial charge in [0.05, 0.1) is 25.5 Å². The molecule has 0 heterocycles. The van der Waals surface area contributed by atoms with E-state index in [1.54, 1.807) is 17.7 Å². The highest BCUT2D eigenvalue weighted by molar-refractivity contribution is 7.91. The molecule has 0 radical (unpaired) electrons. The number of aryl methyl sites for hydroxylation is 1. The molecule has 1 rings (SSSR count). The van der Waals surface area contributed by atoms with Crippen molar-refractivity contribution in [2.24, 2.45) is 0 Å². The van der Waals surface area contributed by atoms with Gasteiger partial charge in [-0.3, -0.25) is 4.72 Å². The molecular formula is C11H14N2O6S. The Hall–Kier alpha value is -2.29. The fourth-order valence-electron chi connectivity index (χ4n) is 1.35. The number of hydrogen-bond acceptors (Lipinski definition) is 6. The molecule has 8 nitrogen and oxygen atoms in total. The number of amides is 1. The number of methoxy groups -OCH3 is 2. The van der Waals surface area contributed by atoms with Gasteiger partial charge in [0.2, 0.25) is 0 Å². The van der Waals surface area contributed by atoms with Crippen molar-refractivity contribution in [1.29, 1.82) is 0 Å². The van der Waals surface area contributed by atoms with E-state index in [9.17, 15) is 18.0 Å². The van der Waals surface area contributed by atoms with Gasteiger partial charge < -0.3 is 9.47 Å². The fourth-order valence-corrected chi connectivity index (χ4v) is 2.17. The highest BCUT2D eigenvalue weighted by Crippen LogP contribution is 2.19. The lowest BCUT2D eigenvalue weighted by atomic mass is 10.1. The Morgan fingerprint density at radius 1 is 1.15 bits per heavy atom. The minimum absolute atomic E-state index is 0.0150. The molecule has 9 heteroatoms. The van der Waals surface area contributed by atoms with Gasteiger partial charge in [-0.05, 0) is 19.1 Å². The normalized spacial score (nSPS) is 10.6. The van der Waals surface area contributed by atoms with Crippen LogP contribution in [0, 0.1) is 6.92 Å². The average Bonchev–Trinajstić information content (AvgIpc) is 2.39. The number of anilines is 1. The molecule has 2 N–H and O–H groups in total. The van der Waals surface area contributed by atoms with Crippen LogP contribution in [0.4, 0.5) is 10.5 Å². The van der Waals surface area contributed by atoms with Crippen molar-refractivity contribution < 1.29 is 27.5 Å². The Morgan fingerprint density at radius 3 is 2.35 bits per heavy atom. The number of nitrogens with one attached hydrogen (secondary N) is 2. The van der Waals surface area contributed by atoms with Crippen molar-refractivity contribution in [2.45, 2.75) is 6.92 Å². The molecule has 1 amide bonds. The van der Waals surface area contributed by atoms with E-state index in [2.05, 4.69) is 14.2 Å². The van der Waals surface area contributed by atoms with Crippen LogP contribution in [-0.2, 0) is 19.7 Å². The third-order valence-corrected chi connectivity index (χ3v) is 3.15. The molecule has 0 fully saturated rings. The van der Waals surface area contributed by atoms with E-state index in [4.69, 9.17) is 0 Å². The predicted molar refractivity (Wildman–Crippen MR) is 70.6 cm³/mol. The van der Waals surface area contributed by atoms with Gasteiger partial charge in [-0.25, -0.2) is 14.3 Å². The molecule has 0 aliphatic carbocycles. The summed E-state index contributed by atoms with van der Waals surface area (Å²) in [6, 6.07) is 4.45. The first-order chi connectivity index (χ1) is 9.29. The lowest BCUT2D eigenvalue weighted by Crippen LogP contribution is -2.35. The van der Waals surface area contributed by atoms with Crippen LogP contribution in [0.2, 0.25) is 0 Å². The minimum atomic E-state index is -4.21. The second kappa shape index (κ2) is 6.24. The van der Waals surface area contributed by atoms with Crippen molar-refractivity contribution in [2.75, 3.05) is 18.9 Å². The van der Waals surface area contributed by atoms with Crippen molar-refractivity contribution in [1.82, 2.24) is 4.72 Å².